The zero-order valence-electron chi connectivity index (χ0n) is 27.2. The van der Waals surface area contributed by atoms with Crippen LogP contribution in [0.4, 0.5) is 0 Å². The lowest BCUT2D eigenvalue weighted by Gasteiger charge is -2.23. The fourth-order valence-electron chi connectivity index (χ4n) is 7.79. The Morgan fingerprint density at radius 2 is 1.25 bits per heavy atom. The van der Waals surface area contributed by atoms with Crippen LogP contribution in [0.5, 0.6) is 0 Å². The van der Waals surface area contributed by atoms with Crippen LogP contribution >= 0.6 is 0 Å². The van der Waals surface area contributed by atoms with Gasteiger partial charge in [-0.2, -0.15) is 0 Å². The Labute approximate surface area is 291 Å². The second-order valence-corrected chi connectivity index (χ2v) is 13.0. The van der Waals surface area contributed by atoms with Gasteiger partial charge in [-0.25, -0.2) is 9.98 Å². The highest BCUT2D eigenvalue weighted by molar-refractivity contribution is 6.26. The first-order chi connectivity index (χ1) is 25.3. The minimum absolute atomic E-state index is 0.304. The minimum Gasteiger partial charge on any atom is -0.454 e. The van der Waals surface area contributed by atoms with E-state index in [0.717, 1.165) is 88.5 Å². The number of hydrogen-bond donors (Lipinski definition) is 1. The van der Waals surface area contributed by atoms with E-state index in [9.17, 15) is 0 Å². The van der Waals surface area contributed by atoms with Crippen molar-refractivity contribution < 1.29 is 8.83 Å². The average molecular weight is 657 g/mol. The highest BCUT2D eigenvalue weighted by Crippen LogP contribution is 2.44. The average Bonchev–Trinajstić information content (AvgIpc) is 3.87. The molecule has 6 heteroatoms. The Morgan fingerprint density at radius 3 is 2.14 bits per heavy atom. The molecule has 0 aliphatic carbocycles. The molecule has 1 unspecified atom stereocenters. The summed E-state index contributed by atoms with van der Waals surface area (Å²) in [5, 5.41) is 10.0. The van der Waals surface area contributed by atoms with Crippen LogP contribution in [0.1, 0.15) is 22.9 Å². The van der Waals surface area contributed by atoms with Crippen molar-refractivity contribution in [1.82, 2.24) is 9.88 Å². The van der Waals surface area contributed by atoms with Crippen LogP contribution in [0.2, 0.25) is 0 Å². The Hall–Kier alpha value is -6.92. The molecule has 1 aliphatic heterocycles. The maximum atomic E-state index is 6.87. The summed E-state index contributed by atoms with van der Waals surface area (Å²) >= 11 is 0. The SMILES string of the molecule is c1ccc(C2=NC(c3cccc4oc5c(-n6c7ccc8ccccc8c7c7oc8ccccc8c76)cccc5c34)=NC(c3ccccc3)N2)cc1. The lowest BCUT2D eigenvalue weighted by atomic mass is 10.0. The molecule has 0 radical (unpaired) electrons. The highest BCUT2D eigenvalue weighted by atomic mass is 16.3. The van der Waals surface area contributed by atoms with Crippen molar-refractivity contribution in [1.29, 1.82) is 0 Å². The van der Waals surface area contributed by atoms with Gasteiger partial charge in [0.05, 0.1) is 16.6 Å². The summed E-state index contributed by atoms with van der Waals surface area (Å²) in [4.78, 5) is 10.3. The van der Waals surface area contributed by atoms with Gasteiger partial charge in [-0.1, -0.05) is 127 Å². The van der Waals surface area contributed by atoms with Crippen LogP contribution in [0, 0.1) is 0 Å². The number of rotatable bonds is 4. The summed E-state index contributed by atoms with van der Waals surface area (Å²) in [7, 11) is 0. The quantitative estimate of drug-likeness (QED) is 0.205. The van der Waals surface area contributed by atoms with Crippen molar-refractivity contribution >= 4 is 77.4 Å². The first-order valence-electron chi connectivity index (χ1n) is 17.1. The number of fused-ring (bicyclic) bond motifs is 10. The van der Waals surface area contributed by atoms with Gasteiger partial charge in [-0.3, -0.25) is 0 Å². The van der Waals surface area contributed by atoms with Gasteiger partial charge in [0.25, 0.3) is 0 Å². The molecule has 1 atom stereocenters. The molecule has 11 rings (SSSR count). The molecule has 0 saturated heterocycles. The van der Waals surface area contributed by atoms with E-state index >= 15 is 0 Å². The molecule has 0 spiro atoms. The van der Waals surface area contributed by atoms with Crippen molar-refractivity contribution in [2.24, 2.45) is 9.98 Å². The number of hydrogen-bond acceptors (Lipinski definition) is 5. The summed E-state index contributed by atoms with van der Waals surface area (Å²) < 4.78 is 15.8. The maximum absolute atomic E-state index is 6.87. The molecule has 240 valence electrons. The fourth-order valence-corrected chi connectivity index (χ4v) is 7.79. The van der Waals surface area contributed by atoms with Gasteiger partial charge < -0.3 is 18.7 Å². The highest BCUT2D eigenvalue weighted by Gasteiger charge is 2.26. The van der Waals surface area contributed by atoms with E-state index in [0.29, 0.717) is 5.84 Å². The summed E-state index contributed by atoms with van der Waals surface area (Å²) in [6.45, 7) is 0. The van der Waals surface area contributed by atoms with E-state index in [1.807, 2.05) is 60.7 Å². The van der Waals surface area contributed by atoms with Gasteiger partial charge in [0.2, 0.25) is 0 Å². The third kappa shape index (κ3) is 4.17. The number of aliphatic imine (C=N–C) groups is 2. The topological polar surface area (TPSA) is 68.0 Å². The molecule has 1 aliphatic rings. The zero-order chi connectivity index (χ0) is 33.5. The molecule has 1 N–H and O–H groups in total. The molecule has 0 bridgehead atoms. The summed E-state index contributed by atoms with van der Waals surface area (Å²) in [5.41, 5.74) is 9.31. The van der Waals surface area contributed by atoms with Gasteiger partial charge in [-0.05, 0) is 46.7 Å². The van der Waals surface area contributed by atoms with E-state index < -0.39 is 0 Å². The predicted octanol–water partition coefficient (Wildman–Crippen LogP) is 11.1. The van der Waals surface area contributed by atoms with Crippen molar-refractivity contribution in [3.63, 3.8) is 0 Å². The second kappa shape index (κ2) is 10.8. The molecule has 0 saturated carbocycles. The maximum Gasteiger partial charge on any atom is 0.162 e. The van der Waals surface area contributed by atoms with Gasteiger partial charge in [0, 0.05) is 27.3 Å². The standard InChI is InChI=1S/C45H28N4O2/c1-3-14-28(15-4-1)43-46-44(29-16-5-2-6-17-29)48-45(47-43)33-21-12-24-37-38(33)32-20-11-22-35(41(32)51-37)49-34-26-25-27-13-7-8-18-30(27)39(34)42-40(49)31-19-9-10-23-36(31)50-42/h1-26,43H,(H,46,47,48). The molecule has 0 amide bonds. The number of para-hydroxylation sites is 2. The first-order valence-corrected chi connectivity index (χ1v) is 17.1. The van der Waals surface area contributed by atoms with Crippen molar-refractivity contribution in [3.8, 4) is 5.69 Å². The first kappa shape index (κ1) is 28.0. The molecule has 51 heavy (non-hydrogen) atoms. The van der Waals surface area contributed by atoms with Crippen molar-refractivity contribution in [2.75, 3.05) is 0 Å². The number of furan rings is 2. The lowest BCUT2D eigenvalue weighted by molar-refractivity contribution is 0.665. The van der Waals surface area contributed by atoms with E-state index in [4.69, 9.17) is 18.8 Å². The summed E-state index contributed by atoms with van der Waals surface area (Å²) in [6, 6.07) is 54.2. The van der Waals surface area contributed by atoms with Crippen LogP contribution < -0.4 is 5.32 Å². The predicted molar refractivity (Wildman–Crippen MR) is 207 cm³/mol. The summed E-state index contributed by atoms with van der Waals surface area (Å²) in [5.74, 6) is 1.43. The number of benzene rings is 7. The van der Waals surface area contributed by atoms with E-state index in [2.05, 4.69) is 107 Å². The molecule has 7 aromatic carbocycles. The zero-order valence-corrected chi connectivity index (χ0v) is 27.2. The van der Waals surface area contributed by atoms with Gasteiger partial charge >= 0.3 is 0 Å². The molecule has 0 fully saturated rings. The van der Waals surface area contributed by atoms with Crippen molar-refractivity contribution in [2.45, 2.75) is 6.17 Å². The van der Waals surface area contributed by atoms with Crippen LogP contribution in [-0.2, 0) is 0 Å². The largest absolute Gasteiger partial charge is 0.454 e. The van der Waals surface area contributed by atoms with Gasteiger partial charge in [0.1, 0.15) is 28.7 Å². The minimum atomic E-state index is -0.304. The normalized spacial score (nSPS) is 14.9. The second-order valence-electron chi connectivity index (χ2n) is 13.0. The molecular formula is C45H28N4O2. The molecule has 6 nitrogen and oxygen atoms in total. The molecule has 3 aromatic heterocycles. The van der Waals surface area contributed by atoms with Crippen molar-refractivity contribution in [3.05, 3.63) is 174 Å². The molecule has 4 heterocycles. The van der Waals surface area contributed by atoms with Gasteiger partial charge in [-0.15, -0.1) is 0 Å². The molecular weight excluding hydrogens is 629 g/mol. The fraction of sp³-hybridized carbons (Fsp3) is 0.0222. The third-order valence-electron chi connectivity index (χ3n) is 10.1. The molecule has 10 aromatic rings. The van der Waals surface area contributed by atoms with Crippen LogP contribution in [-0.4, -0.2) is 16.2 Å². The van der Waals surface area contributed by atoms with Crippen LogP contribution in [0.3, 0.4) is 0 Å². The van der Waals surface area contributed by atoms with Crippen LogP contribution in [0.25, 0.3) is 71.4 Å². The Morgan fingerprint density at radius 1 is 0.549 bits per heavy atom. The summed E-state index contributed by atoms with van der Waals surface area (Å²) in [6.07, 6.45) is -0.304. The monoisotopic (exact) mass is 656 g/mol. The van der Waals surface area contributed by atoms with Gasteiger partial charge in [0.15, 0.2) is 17.0 Å². The third-order valence-corrected chi connectivity index (χ3v) is 10.1. The Bertz CT molecular complexity index is 3060. The number of nitrogens with zero attached hydrogens (tertiary/aromatic N) is 3. The lowest BCUT2D eigenvalue weighted by Crippen LogP contribution is -2.33. The number of nitrogens with one attached hydrogen (secondary N) is 1. The van der Waals surface area contributed by atoms with E-state index in [-0.39, 0.29) is 6.17 Å². The number of aromatic nitrogens is 1. The van der Waals surface area contributed by atoms with E-state index in [1.165, 1.54) is 5.39 Å². The number of amidine groups is 2. The van der Waals surface area contributed by atoms with E-state index in [1.54, 1.807) is 0 Å². The Balaban J connectivity index is 1.19. The Kier molecular flexibility index (Phi) is 5.92. The smallest absolute Gasteiger partial charge is 0.162 e. The van der Waals surface area contributed by atoms with Crippen LogP contribution in [0.15, 0.2) is 177 Å².